The van der Waals surface area contributed by atoms with Gasteiger partial charge >= 0.3 is 12.0 Å². The van der Waals surface area contributed by atoms with Crippen LogP contribution in [0.1, 0.15) is 21.5 Å². The van der Waals surface area contributed by atoms with Crippen LogP contribution in [0, 0.1) is 0 Å². The van der Waals surface area contributed by atoms with Gasteiger partial charge in [0.15, 0.2) is 0 Å². The van der Waals surface area contributed by atoms with E-state index >= 15 is 0 Å². The summed E-state index contributed by atoms with van der Waals surface area (Å²) in [4.78, 5) is 24.5. The Bertz CT molecular complexity index is 505. The maximum absolute atomic E-state index is 11.9. The molecule has 0 aromatic heterocycles. The van der Waals surface area contributed by atoms with Crippen LogP contribution in [0.25, 0.3) is 0 Å². The van der Waals surface area contributed by atoms with Gasteiger partial charge in [0.1, 0.15) is 0 Å². The summed E-state index contributed by atoms with van der Waals surface area (Å²) in [5.41, 5.74) is 2.20. The van der Waals surface area contributed by atoms with E-state index in [2.05, 4.69) is 5.32 Å². The van der Waals surface area contributed by atoms with Crippen molar-refractivity contribution in [2.45, 2.75) is 13.1 Å². The van der Waals surface area contributed by atoms with Crippen LogP contribution in [0.4, 0.5) is 4.79 Å². The SMILES string of the molecule is CSCCNC(=O)N1Cc2ccc(C(=O)O)cc2C1. The summed E-state index contributed by atoms with van der Waals surface area (Å²) >= 11 is 1.68. The van der Waals surface area contributed by atoms with Crippen LogP contribution in [0.3, 0.4) is 0 Å². The van der Waals surface area contributed by atoms with Crippen LogP contribution < -0.4 is 5.32 Å². The quantitative estimate of drug-likeness (QED) is 0.825. The molecule has 2 N–H and O–H groups in total. The lowest BCUT2D eigenvalue weighted by atomic mass is 10.1. The molecule has 0 saturated carbocycles. The van der Waals surface area contributed by atoms with Crippen LogP contribution in [0.5, 0.6) is 0 Å². The van der Waals surface area contributed by atoms with Crippen molar-refractivity contribution in [2.24, 2.45) is 0 Å². The fraction of sp³-hybridized carbons (Fsp3) is 0.385. The highest BCUT2D eigenvalue weighted by Crippen LogP contribution is 2.23. The van der Waals surface area contributed by atoms with Crippen molar-refractivity contribution < 1.29 is 14.7 Å². The molecule has 0 spiro atoms. The molecule has 5 nitrogen and oxygen atoms in total. The second-order valence-electron chi connectivity index (χ2n) is 4.37. The lowest BCUT2D eigenvalue weighted by Gasteiger charge is -2.16. The fourth-order valence-electron chi connectivity index (χ4n) is 2.04. The van der Waals surface area contributed by atoms with Crippen LogP contribution in [0.15, 0.2) is 18.2 Å². The molecule has 2 amide bonds. The molecular weight excluding hydrogens is 264 g/mol. The zero-order valence-corrected chi connectivity index (χ0v) is 11.5. The molecule has 0 atom stereocenters. The second-order valence-corrected chi connectivity index (χ2v) is 5.36. The third-order valence-electron chi connectivity index (χ3n) is 3.05. The lowest BCUT2D eigenvalue weighted by Crippen LogP contribution is -2.37. The minimum Gasteiger partial charge on any atom is -0.478 e. The molecule has 0 aliphatic carbocycles. The van der Waals surface area contributed by atoms with E-state index in [4.69, 9.17) is 5.11 Å². The van der Waals surface area contributed by atoms with Crippen molar-refractivity contribution in [3.63, 3.8) is 0 Å². The molecule has 0 fully saturated rings. The zero-order chi connectivity index (χ0) is 13.8. The number of benzene rings is 1. The number of urea groups is 1. The summed E-state index contributed by atoms with van der Waals surface area (Å²) in [6.07, 6.45) is 1.99. The average molecular weight is 280 g/mol. The Balaban J connectivity index is 1.99. The first-order valence-electron chi connectivity index (χ1n) is 5.98. The number of nitrogens with zero attached hydrogens (tertiary/aromatic N) is 1. The highest BCUT2D eigenvalue weighted by atomic mass is 32.2. The molecule has 0 unspecified atom stereocenters. The predicted molar refractivity (Wildman–Crippen MR) is 74.4 cm³/mol. The molecule has 1 heterocycles. The van der Waals surface area contributed by atoms with Crippen molar-refractivity contribution in [1.29, 1.82) is 0 Å². The van der Waals surface area contributed by atoms with Crippen molar-refractivity contribution in [3.05, 3.63) is 34.9 Å². The van der Waals surface area contributed by atoms with Crippen LogP contribution >= 0.6 is 11.8 Å². The van der Waals surface area contributed by atoms with E-state index in [0.29, 0.717) is 19.6 Å². The summed E-state index contributed by atoms with van der Waals surface area (Å²) in [6.45, 7) is 1.66. The van der Waals surface area contributed by atoms with Gasteiger partial charge in [-0.25, -0.2) is 9.59 Å². The molecule has 0 saturated heterocycles. The predicted octanol–water partition coefficient (Wildman–Crippen LogP) is 1.77. The normalized spacial score (nSPS) is 13.2. The van der Waals surface area contributed by atoms with Crippen LogP contribution in [-0.4, -0.2) is 40.6 Å². The monoisotopic (exact) mass is 280 g/mol. The van der Waals surface area contributed by atoms with Crippen molar-refractivity contribution in [3.8, 4) is 0 Å². The van der Waals surface area contributed by atoms with Gasteiger partial charge in [-0.05, 0) is 29.5 Å². The molecule has 2 rings (SSSR count). The van der Waals surface area contributed by atoms with Gasteiger partial charge < -0.3 is 15.3 Å². The van der Waals surface area contributed by atoms with Crippen molar-refractivity contribution >= 4 is 23.8 Å². The number of rotatable bonds is 4. The molecule has 19 heavy (non-hydrogen) atoms. The third-order valence-corrected chi connectivity index (χ3v) is 3.66. The topological polar surface area (TPSA) is 69.6 Å². The number of thioether (sulfide) groups is 1. The highest BCUT2D eigenvalue weighted by Gasteiger charge is 2.23. The average Bonchev–Trinajstić information content (AvgIpc) is 2.81. The molecular formula is C13H16N2O3S. The Morgan fingerprint density at radius 3 is 2.79 bits per heavy atom. The number of carboxylic acids is 1. The number of hydrogen-bond donors (Lipinski definition) is 2. The van der Waals surface area contributed by atoms with Gasteiger partial charge in [0, 0.05) is 25.4 Å². The van der Waals surface area contributed by atoms with E-state index in [-0.39, 0.29) is 11.6 Å². The summed E-state index contributed by atoms with van der Waals surface area (Å²) in [5, 5.41) is 11.8. The molecule has 1 aliphatic rings. The Morgan fingerprint density at radius 2 is 2.11 bits per heavy atom. The van der Waals surface area contributed by atoms with E-state index in [1.54, 1.807) is 34.9 Å². The summed E-state index contributed by atoms with van der Waals surface area (Å²) in [5.74, 6) is -0.0546. The van der Waals surface area contributed by atoms with Gasteiger partial charge in [0.25, 0.3) is 0 Å². The van der Waals surface area contributed by atoms with Gasteiger partial charge in [0.05, 0.1) is 5.56 Å². The smallest absolute Gasteiger partial charge is 0.335 e. The minimum absolute atomic E-state index is 0.0953. The van der Waals surface area contributed by atoms with Gasteiger partial charge in [0.2, 0.25) is 0 Å². The van der Waals surface area contributed by atoms with Gasteiger partial charge in [-0.1, -0.05) is 6.07 Å². The molecule has 0 radical (unpaired) electrons. The van der Waals surface area contributed by atoms with Gasteiger partial charge in [-0.15, -0.1) is 0 Å². The van der Waals surface area contributed by atoms with E-state index in [1.807, 2.05) is 6.26 Å². The minimum atomic E-state index is -0.939. The summed E-state index contributed by atoms with van der Waals surface area (Å²) in [6, 6.07) is 4.92. The fourth-order valence-corrected chi connectivity index (χ4v) is 2.35. The van der Waals surface area contributed by atoms with Crippen molar-refractivity contribution in [2.75, 3.05) is 18.6 Å². The third kappa shape index (κ3) is 3.20. The summed E-state index contributed by atoms with van der Waals surface area (Å²) in [7, 11) is 0. The molecule has 6 heteroatoms. The number of amides is 2. The Morgan fingerprint density at radius 1 is 1.37 bits per heavy atom. The second kappa shape index (κ2) is 5.97. The number of carbonyl (C=O) groups excluding carboxylic acids is 1. The Labute approximate surface area is 116 Å². The van der Waals surface area contributed by atoms with Crippen LogP contribution in [0.2, 0.25) is 0 Å². The van der Waals surface area contributed by atoms with Crippen molar-refractivity contribution in [1.82, 2.24) is 10.2 Å². The number of carboxylic acid groups (broad SMARTS) is 1. The number of carbonyl (C=O) groups is 2. The van der Waals surface area contributed by atoms with Gasteiger partial charge in [-0.3, -0.25) is 0 Å². The number of fused-ring (bicyclic) bond motifs is 1. The molecule has 1 aromatic carbocycles. The Hall–Kier alpha value is -1.69. The number of hydrogen-bond acceptors (Lipinski definition) is 3. The Kier molecular flexibility index (Phi) is 4.31. The zero-order valence-electron chi connectivity index (χ0n) is 10.7. The van der Waals surface area contributed by atoms with E-state index in [0.717, 1.165) is 16.9 Å². The number of aromatic carboxylic acids is 1. The van der Waals surface area contributed by atoms with E-state index in [1.165, 1.54) is 0 Å². The first-order chi connectivity index (χ1) is 9.11. The maximum Gasteiger partial charge on any atom is 0.335 e. The van der Waals surface area contributed by atoms with E-state index in [9.17, 15) is 9.59 Å². The molecule has 1 aliphatic heterocycles. The highest BCUT2D eigenvalue weighted by molar-refractivity contribution is 7.98. The standard InChI is InChI=1S/C13H16N2O3S/c1-19-5-4-14-13(18)15-7-10-3-2-9(12(16)17)6-11(10)8-15/h2-3,6H,4-5,7-8H2,1H3,(H,14,18)(H,16,17). The number of nitrogens with one attached hydrogen (secondary N) is 1. The molecule has 0 bridgehead atoms. The summed E-state index contributed by atoms with van der Waals surface area (Å²) < 4.78 is 0. The molecule has 102 valence electrons. The lowest BCUT2D eigenvalue weighted by molar-refractivity contribution is 0.0696. The first kappa shape index (κ1) is 13.7. The van der Waals surface area contributed by atoms with Gasteiger partial charge in [-0.2, -0.15) is 11.8 Å². The molecule has 1 aromatic rings. The largest absolute Gasteiger partial charge is 0.478 e. The maximum atomic E-state index is 11.9. The van der Waals surface area contributed by atoms with Crippen LogP contribution in [-0.2, 0) is 13.1 Å². The first-order valence-corrected chi connectivity index (χ1v) is 7.38. The van der Waals surface area contributed by atoms with E-state index < -0.39 is 5.97 Å².